The highest BCUT2D eigenvalue weighted by molar-refractivity contribution is 5.92. The first-order valence-corrected chi connectivity index (χ1v) is 6.14. The quantitative estimate of drug-likeness (QED) is 0.846. The fraction of sp³-hybridized carbons (Fsp3) is 0.667. The molecular weight excluding hydrogens is 202 g/mol. The van der Waals surface area contributed by atoms with E-state index >= 15 is 0 Å². The summed E-state index contributed by atoms with van der Waals surface area (Å²) in [6, 6.07) is 2.32. The fourth-order valence-electron chi connectivity index (χ4n) is 2.16. The van der Waals surface area contributed by atoms with Gasteiger partial charge in [0.15, 0.2) is 0 Å². The molecule has 88 valence electrons. The molecule has 1 N–H and O–H groups in total. The third kappa shape index (κ3) is 2.43. The minimum Gasteiger partial charge on any atom is -0.351 e. The second kappa shape index (κ2) is 5.14. The van der Waals surface area contributed by atoms with Gasteiger partial charge in [-0.05, 0) is 25.3 Å². The van der Waals surface area contributed by atoms with Crippen LogP contribution in [-0.2, 0) is 0 Å². The predicted molar refractivity (Wildman–Crippen MR) is 62.4 cm³/mol. The summed E-state index contributed by atoms with van der Waals surface area (Å²) in [6.45, 7) is 2.76. The Morgan fingerprint density at radius 3 is 3.00 bits per heavy atom. The molecular formula is C12H19N3O. The highest BCUT2D eigenvalue weighted by atomic mass is 16.1. The van der Waals surface area contributed by atoms with Crippen molar-refractivity contribution in [2.75, 3.05) is 6.54 Å². The number of aromatic nitrogens is 2. The van der Waals surface area contributed by atoms with Crippen molar-refractivity contribution in [3.8, 4) is 0 Å². The van der Waals surface area contributed by atoms with Crippen molar-refractivity contribution in [2.45, 2.75) is 45.1 Å². The van der Waals surface area contributed by atoms with Gasteiger partial charge in [0.25, 0.3) is 5.91 Å². The van der Waals surface area contributed by atoms with Crippen molar-refractivity contribution < 1.29 is 4.79 Å². The second-order valence-electron chi connectivity index (χ2n) is 4.38. The first kappa shape index (κ1) is 11.2. The molecule has 1 aromatic rings. The van der Waals surface area contributed by atoms with Crippen LogP contribution in [0.2, 0.25) is 0 Å². The number of nitrogens with zero attached hydrogens (tertiary/aromatic N) is 2. The molecule has 1 amide bonds. The van der Waals surface area contributed by atoms with Gasteiger partial charge in [0.2, 0.25) is 0 Å². The number of amides is 1. The molecule has 4 nitrogen and oxygen atoms in total. The maximum absolute atomic E-state index is 11.6. The summed E-state index contributed by atoms with van der Waals surface area (Å²) in [6.07, 6.45) is 7.82. The predicted octanol–water partition coefficient (Wildman–Crippen LogP) is 2.14. The molecule has 0 unspecified atom stereocenters. The van der Waals surface area contributed by atoms with Gasteiger partial charge in [0, 0.05) is 12.7 Å². The molecule has 0 radical (unpaired) electrons. The number of rotatable bonds is 4. The first-order valence-electron chi connectivity index (χ1n) is 6.14. The average Bonchev–Trinajstić information content (AvgIpc) is 2.94. The van der Waals surface area contributed by atoms with E-state index in [0.717, 1.165) is 13.0 Å². The Bertz CT molecular complexity index is 353. The molecule has 1 aromatic heterocycles. The first-order chi connectivity index (χ1) is 7.81. The van der Waals surface area contributed by atoms with Gasteiger partial charge in [-0.3, -0.25) is 9.48 Å². The van der Waals surface area contributed by atoms with Crippen LogP contribution in [0.1, 0.15) is 55.6 Å². The molecule has 1 saturated carbocycles. The van der Waals surface area contributed by atoms with Gasteiger partial charge < -0.3 is 5.32 Å². The Labute approximate surface area is 96.0 Å². The maximum atomic E-state index is 11.6. The lowest BCUT2D eigenvalue weighted by atomic mass is 10.3. The zero-order chi connectivity index (χ0) is 11.4. The Kier molecular flexibility index (Phi) is 3.59. The van der Waals surface area contributed by atoms with E-state index in [-0.39, 0.29) is 5.91 Å². The van der Waals surface area contributed by atoms with E-state index in [1.807, 2.05) is 23.9 Å². The molecule has 0 aromatic carbocycles. The lowest BCUT2D eigenvalue weighted by molar-refractivity contribution is 0.0947. The topological polar surface area (TPSA) is 46.9 Å². The summed E-state index contributed by atoms with van der Waals surface area (Å²) in [7, 11) is 0. The third-order valence-electron chi connectivity index (χ3n) is 3.08. The van der Waals surface area contributed by atoms with E-state index in [0.29, 0.717) is 11.7 Å². The molecule has 2 rings (SSSR count). The monoisotopic (exact) mass is 221 g/mol. The number of hydrogen-bond acceptors (Lipinski definition) is 2. The summed E-state index contributed by atoms with van der Waals surface area (Å²) < 4.78 is 1.95. The Hall–Kier alpha value is -1.32. The molecule has 0 saturated heterocycles. The molecule has 0 spiro atoms. The number of nitrogens with one attached hydrogen (secondary N) is 1. The Balaban J connectivity index is 1.98. The molecule has 1 aliphatic carbocycles. The summed E-state index contributed by atoms with van der Waals surface area (Å²) in [4.78, 5) is 11.6. The number of hydrogen-bond donors (Lipinski definition) is 1. The average molecular weight is 221 g/mol. The highest BCUT2D eigenvalue weighted by Gasteiger charge is 2.18. The van der Waals surface area contributed by atoms with Crippen molar-refractivity contribution in [3.05, 3.63) is 18.0 Å². The van der Waals surface area contributed by atoms with Gasteiger partial charge in [-0.2, -0.15) is 5.10 Å². The lowest BCUT2D eigenvalue weighted by Gasteiger charge is -2.08. The molecule has 4 heteroatoms. The van der Waals surface area contributed by atoms with E-state index in [9.17, 15) is 4.79 Å². The van der Waals surface area contributed by atoms with Crippen molar-refractivity contribution in [1.29, 1.82) is 0 Å². The molecule has 1 heterocycles. The second-order valence-corrected chi connectivity index (χ2v) is 4.38. The summed E-state index contributed by atoms with van der Waals surface area (Å²) in [5.41, 5.74) is 0.542. The van der Waals surface area contributed by atoms with Crippen molar-refractivity contribution in [3.63, 3.8) is 0 Å². The van der Waals surface area contributed by atoms with Crippen LogP contribution in [0.5, 0.6) is 0 Å². The summed E-state index contributed by atoms with van der Waals surface area (Å²) >= 11 is 0. The van der Waals surface area contributed by atoms with Crippen LogP contribution >= 0.6 is 0 Å². The van der Waals surface area contributed by atoms with Crippen LogP contribution < -0.4 is 5.32 Å². The van der Waals surface area contributed by atoms with Crippen molar-refractivity contribution in [1.82, 2.24) is 15.1 Å². The van der Waals surface area contributed by atoms with Gasteiger partial charge in [0.05, 0.1) is 6.04 Å². The molecule has 0 aliphatic heterocycles. The number of carbonyl (C=O) groups is 1. The molecule has 1 fully saturated rings. The van der Waals surface area contributed by atoms with Crippen molar-refractivity contribution >= 4 is 5.91 Å². The van der Waals surface area contributed by atoms with Gasteiger partial charge in [-0.1, -0.05) is 19.8 Å². The Morgan fingerprint density at radius 2 is 2.31 bits per heavy atom. The summed E-state index contributed by atoms with van der Waals surface area (Å²) in [5, 5.41) is 7.19. The van der Waals surface area contributed by atoms with Gasteiger partial charge >= 0.3 is 0 Å². The molecule has 0 bridgehead atoms. The SMILES string of the molecule is CCCNC(=O)c1ccn(C2CCCC2)n1. The van der Waals surface area contributed by atoms with E-state index in [4.69, 9.17) is 0 Å². The molecule has 0 atom stereocenters. The minimum absolute atomic E-state index is 0.0569. The van der Waals surface area contributed by atoms with Gasteiger partial charge in [0.1, 0.15) is 5.69 Å². The van der Waals surface area contributed by atoms with Crippen LogP contribution in [0.3, 0.4) is 0 Å². The van der Waals surface area contributed by atoms with Crippen LogP contribution in [0, 0.1) is 0 Å². The fourth-order valence-corrected chi connectivity index (χ4v) is 2.16. The van der Waals surface area contributed by atoms with Crippen LogP contribution in [0.15, 0.2) is 12.3 Å². The normalized spacial score (nSPS) is 16.6. The van der Waals surface area contributed by atoms with E-state index in [2.05, 4.69) is 10.4 Å². The van der Waals surface area contributed by atoms with Crippen LogP contribution in [-0.4, -0.2) is 22.2 Å². The lowest BCUT2D eigenvalue weighted by Crippen LogP contribution is -2.24. The zero-order valence-corrected chi connectivity index (χ0v) is 9.78. The van der Waals surface area contributed by atoms with Crippen molar-refractivity contribution in [2.24, 2.45) is 0 Å². The van der Waals surface area contributed by atoms with Crippen LogP contribution in [0.4, 0.5) is 0 Å². The molecule has 16 heavy (non-hydrogen) atoms. The van der Waals surface area contributed by atoms with Gasteiger partial charge in [-0.15, -0.1) is 0 Å². The maximum Gasteiger partial charge on any atom is 0.271 e. The smallest absolute Gasteiger partial charge is 0.271 e. The van der Waals surface area contributed by atoms with E-state index in [1.165, 1.54) is 25.7 Å². The highest BCUT2D eigenvalue weighted by Crippen LogP contribution is 2.28. The van der Waals surface area contributed by atoms with E-state index in [1.54, 1.807) is 0 Å². The minimum atomic E-state index is -0.0569. The third-order valence-corrected chi connectivity index (χ3v) is 3.08. The zero-order valence-electron chi connectivity index (χ0n) is 9.78. The van der Waals surface area contributed by atoms with Gasteiger partial charge in [-0.25, -0.2) is 0 Å². The Morgan fingerprint density at radius 1 is 1.56 bits per heavy atom. The number of carbonyl (C=O) groups excluding carboxylic acids is 1. The van der Waals surface area contributed by atoms with Crippen LogP contribution in [0.25, 0.3) is 0 Å². The standard InChI is InChI=1S/C12H19N3O/c1-2-8-13-12(16)11-7-9-15(14-11)10-5-3-4-6-10/h7,9-10H,2-6,8H2,1H3,(H,13,16). The largest absolute Gasteiger partial charge is 0.351 e. The molecule has 1 aliphatic rings. The van der Waals surface area contributed by atoms with E-state index < -0.39 is 0 Å². The summed E-state index contributed by atoms with van der Waals surface area (Å²) in [5.74, 6) is -0.0569.